The van der Waals surface area contributed by atoms with E-state index in [9.17, 15) is 4.79 Å². The summed E-state index contributed by atoms with van der Waals surface area (Å²) < 4.78 is 0. The van der Waals surface area contributed by atoms with Crippen LogP contribution in [0.15, 0.2) is 12.2 Å². The lowest BCUT2D eigenvalue weighted by atomic mass is 9.81. The van der Waals surface area contributed by atoms with Crippen molar-refractivity contribution in [3.05, 3.63) is 12.2 Å². The lowest BCUT2D eigenvalue weighted by Gasteiger charge is -2.34. The number of rotatable bonds is 3. The van der Waals surface area contributed by atoms with Crippen molar-refractivity contribution in [3.63, 3.8) is 0 Å². The summed E-state index contributed by atoms with van der Waals surface area (Å²) in [7, 11) is 0. The van der Waals surface area contributed by atoms with Gasteiger partial charge in [0.15, 0.2) is 0 Å². The summed E-state index contributed by atoms with van der Waals surface area (Å²) >= 11 is 0. The van der Waals surface area contributed by atoms with Gasteiger partial charge in [-0.1, -0.05) is 19.9 Å². The molecular formula is C10H17NO. The molecule has 1 saturated carbocycles. The maximum atomic E-state index is 11.2. The second kappa shape index (κ2) is 4.29. The van der Waals surface area contributed by atoms with Gasteiger partial charge in [0.25, 0.3) is 0 Å². The number of nitrogens with one attached hydrogen (secondary N) is 1. The molecule has 2 heteroatoms. The molecule has 1 N–H and O–H groups in total. The first-order valence-electron chi connectivity index (χ1n) is 4.71. The molecule has 0 radical (unpaired) electrons. The average molecular weight is 167 g/mol. The van der Waals surface area contributed by atoms with Crippen LogP contribution in [0.4, 0.5) is 0 Å². The molecule has 1 amide bonds. The first-order chi connectivity index (χ1) is 5.74. The molecule has 1 fully saturated rings. The first-order valence-corrected chi connectivity index (χ1v) is 4.71. The monoisotopic (exact) mass is 167 g/mol. The lowest BCUT2D eigenvalue weighted by Crippen LogP contribution is -2.44. The minimum Gasteiger partial charge on any atom is -0.350 e. The molecule has 0 aliphatic heterocycles. The van der Waals surface area contributed by atoms with Crippen molar-refractivity contribution in [1.29, 1.82) is 0 Å². The molecule has 12 heavy (non-hydrogen) atoms. The van der Waals surface area contributed by atoms with Crippen molar-refractivity contribution < 1.29 is 4.79 Å². The van der Waals surface area contributed by atoms with E-state index < -0.39 is 0 Å². The quantitative estimate of drug-likeness (QED) is 0.639. The summed E-state index contributed by atoms with van der Waals surface area (Å²) in [6, 6.07) is 0.430. The zero-order valence-corrected chi connectivity index (χ0v) is 7.84. The van der Waals surface area contributed by atoms with Crippen molar-refractivity contribution in [3.8, 4) is 0 Å². The van der Waals surface area contributed by atoms with E-state index >= 15 is 0 Å². The third kappa shape index (κ3) is 2.36. The summed E-state index contributed by atoms with van der Waals surface area (Å²) in [5.74, 6) is 0.734. The first kappa shape index (κ1) is 9.30. The van der Waals surface area contributed by atoms with Crippen LogP contribution >= 0.6 is 0 Å². The van der Waals surface area contributed by atoms with E-state index in [4.69, 9.17) is 0 Å². The van der Waals surface area contributed by atoms with Crippen molar-refractivity contribution in [2.45, 2.75) is 39.2 Å². The van der Waals surface area contributed by atoms with E-state index in [1.54, 1.807) is 6.08 Å². The van der Waals surface area contributed by atoms with E-state index in [0.29, 0.717) is 12.0 Å². The minimum absolute atomic E-state index is 0.0633. The van der Waals surface area contributed by atoms with Gasteiger partial charge in [0, 0.05) is 6.04 Å². The highest BCUT2D eigenvalue weighted by Crippen LogP contribution is 2.26. The molecule has 2 nitrogen and oxygen atoms in total. The minimum atomic E-state index is 0.0633. The Morgan fingerprint density at radius 1 is 1.58 bits per heavy atom. The number of carbonyl (C=O) groups is 1. The summed E-state index contributed by atoms with van der Waals surface area (Å²) in [5, 5.41) is 2.98. The summed E-state index contributed by atoms with van der Waals surface area (Å²) in [6.45, 7) is 4.20. The molecule has 0 aromatic heterocycles. The third-order valence-corrected chi connectivity index (χ3v) is 2.45. The Morgan fingerprint density at radius 2 is 2.33 bits per heavy atom. The average Bonchev–Trinajstić information content (AvgIpc) is 2.08. The van der Waals surface area contributed by atoms with E-state index in [1.807, 2.05) is 13.0 Å². The van der Waals surface area contributed by atoms with E-state index in [1.165, 1.54) is 6.42 Å². The highest BCUT2D eigenvalue weighted by Gasteiger charge is 2.27. The molecule has 1 aliphatic carbocycles. The Labute approximate surface area is 74.0 Å². The van der Waals surface area contributed by atoms with Crippen LogP contribution in [0, 0.1) is 5.92 Å². The fourth-order valence-electron chi connectivity index (χ4n) is 1.34. The Morgan fingerprint density at radius 3 is 2.75 bits per heavy atom. The Bertz CT molecular complexity index is 186. The maximum absolute atomic E-state index is 11.2. The van der Waals surface area contributed by atoms with Gasteiger partial charge in [0.05, 0.1) is 0 Å². The van der Waals surface area contributed by atoms with Gasteiger partial charge in [-0.25, -0.2) is 0 Å². The Balaban J connectivity index is 2.22. The number of hydrogen-bond acceptors (Lipinski definition) is 1. The zero-order valence-electron chi connectivity index (χ0n) is 7.84. The number of carbonyl (C=O) groups excluding carboxylic acids is 1. The van der Waals surface area contributed by atoms with Crippen LogP contribution in [0.3, 0.4) is 0 Å². The van der Waals surface area contributed by atoms with Gasteiger partial charge in [-0.3, -0.25) is 4.79 Å². The van der Waals surface area contributed by atoms with Crippen LogP contribution in [-0.4, -0.2) is 11.9 Å². The number of amides is 1. The number of hydrogen-bond donors (Lipinski definition) is 1. The van der Waals surface area contributed by atoms with Crippen LogP contribution < -0.4 is 5.32 Å². The van der Waals surface area contributed by atoms with Gasteiger partial charge in [0.2, 0.25) is 5.91 Å². The van der Waals surface area contributed by atoms with Gasteiger partial charge in [-0.15, -0.1) is 0 Å². The topological polar surface area (TPSA) is 29.1 Å². The second-order valence-corrected chi connectivity index (χ2v) is 3.48. The van der Waals surface area contributed by atoms with Crippen LogP contribution in [-0.2, 0) is 4.79 Å². The molecule has 0 aromatic rings. The van der Waals surface area contributed by atoms with Crippen molar-refractivity contribution in [2.75, 3.05) is 0 Å². The van der Waals surface area contributed by atoms with Gasteiger partial charge in [-0.2, -0.15) is 0 Å². The molecular weight excluding hydrogens is 150 g/mol. The molecule has 0 heterocycles. The predicted molar refractivity (Wildman–Crippen MR) is 49.8 cm³/mol. The van der Waals surface area contributed by atoms with E-state index in [2.05, 4.69) is 12.2 Å². The van der Waals surface area contributed by atoms with Gasteiger partial charge in [-0.05, 0) is 31.3 Å². The smallest absolute Gasteiger partial charge is 0.243 e. The molecule has 68 valence electrons. The van der Waals surface area contributed by atoms with E-state index in [0.717, 1.165) is 12.8 Å². The van der Waals surface area contributed by atoms with Crippen LogP contribution in [0.25, 0.3) is 0 Å². The molecule has 1 aliphatic rings. The molecule has 0 aromatic carbocycles. The molecule has 2 unspecified atom stereocenters. The van der Waals surface area contributed by atoms with Gasteiger partial charge >= 0.3 is 0 Å². The standard InChI is InChI=1S/C10H17NO/c1-3-4-5-10(12)11-9-7-6-8(9)2/h4-5,8-9H,3,6-7H2,1-2H3,(H,11,12)/b5-4+. The summed E-state index contributed by atoms with van der Waals surface area (Å²) in [6.07, 6.45) is 6.84. The normalized spacial score (nSPS) is 28.5. The zero-order chi connectivity index (χ0) is 8.97. The highest BCUT2D eigenvalue weighted by molar-refractivity contribution is 5.87. The molecule has 0 saturated heterocycles. The largest absolute Gasteiger partial charge is 0.350 e. The Kier molecular flexibility index (Phi) is 3.32. The SMILES string of the molecule is CC/C=C/C(=O)NC1CCC1C. The maximum Gasteiger partial charge on any atom is 0.243 e. The fourth-order valence-corrected chi connectivity index (χ4v) is 1.34. The van der Waals surface area contributed by atoms with Crippen molar-refractivity contribution in [1.82, 2.24) is 5.32 Å². The summed E-state index contributed by atoms with van der Waals surface area (Å²) in [5.41, 5.74) is 0. The highest BCUT2D eigenvalue weighted by atomic mass is 16.1. The van der Waals surface area contributed by atoms with Crippen LogP contribution in [0.1, 0.15) is 33.1 Å². The molecule has 2 atom stereocenters. The fraction of sp³-hybridized carbons (Fsp3) is 0.700. The van der Waals surface area contributed by atoms with Gasteiger partial charge in [0.1, 0.15) is 0 Å². The van der Waals surface area contributed by atoms with Crippen LogP contribution in [0.2, 0.25) is 0 Å². The van der Waals surface area contributed by atoms with Crippen molar-refractivity contribution >= 4 is 5.91 Å². The lowest BCUT2D eigenvalue weighted by molar-refractivity contribution is -0.118. The molecule has 0 bridgehead atoms. The second-order valence-electron chi connectivity index (χ2n) is 3.48. The Hall–Kier alpha value is -0.790. The number of allylic oxidation sites excluding steroid dienone is 1. The third-order valence-electron chi connectivity index (χ3n) is 2.45. The van der Waals surface area contributed by atoms with E-state index in [-0.39, 0.29) is 5.91 Å². The molecule has 0 spiro atoms. The van der Waals surface area contributed by atoms with Crippen molar-refractivity contribution in [2.24, 2.45) is 5.92 Å². The predicted octanol–water partition coefficient (Wildman–Crippen LogP) is 1.87. The molecule has 1 rings (SSSR count). The summed E-state index contributed by atoms with van der Waals surface area (Å²) in [4.78, 5) is 11.2. The van der Waals surface area contributed by atoms with Crippen LogP contribution in [0.5, 0.6) is 0 Å². The van der Waals surface area contributed by atoms with Gasteiger partial charge < -0.3 is 5.32 Å².